The summed E-state index contributed by atoms with van der Waals surface area (Å²) in [7, 11) is 0. The molecule has 104 valence electrons. The summed E-state index contributed by atoms with van der Waals surface area (Å²) >= 11 is 3.08. The molecular weight excluding hydrogens is 290 g/mol. The van der Waals surface area contributed by atoms with Crippen LogP contribution in [0.4, 0.5) is 5.69 Å². The molecule has 0 aliphatic carbocycles. The largest absolute Gasteiger partial charge is 0.459 e. The maximum Gasteiger partial charge on any atom is 0.347 e. The zero-order valence-corrected chi connectivity index (χ0v) is 13.2. The number of carbonyl (C=O) groups is 1. The number of esters is 1. The Morgan fingerprint density at radius 1 is 1.30 bits per heavy atom. The van der Waals surface area contributed by atoms with E-state index in [1.165, 1.54) is 11.8 Å². The molecule has 2 heterocycles. The van der Waals surface area contributed by atoms with E-state index in [9.17, 15) is 4.79 Å². The molecule has 0 unspecified atom stereocenters. The van der Waals surface area contributed by atoms with Crippen LogP contribution in [0.15, 0.2) is 50.2 Å². The number of hydrogen-bond donors (Lipinski definition) is 0. The standard InChI is InChI=1S/C15H15NO2S2/c1-9(2)18-15(17)13-14-16(10(3)8-19-14)11-6-4-5-7-12(11)20-13/h4-9H,1-3H3. The Bertz CT molecular complexity index is 635. The molecule has 0 bridgehead atoms. The van der Waals surface area contributed by atoms with Crippen molar-refractivity contribution in [1.29, 1.82) is 0 Å². The average Bonchev–Trinajstić information content (AvgIpc) is 2.80. The first kappa shape index (κ1) is 13.6. The molecule has 3 rings (SSSR count). The van der Waals surface area contributed by atoms with Gasteiger partial charge >= 0.3 is 5.97 Å². The fraction of sp³-hybridized carbons (Fsp3) is 0.267. The second-order valence-corrected chi connectivity index (χ2v) is 6.78. The topological polar surface area (TPSA) is 29.5 Å². The molecule has 0 spiro atoms. The van der Waals surface area contributed by atoms with Gasteiger partial charge in [-0.1, -0.05) is 35.7 Å². The van der Waals surface area contributed by atoms with Crippen molar-refractivity contribution in [2.45, 2.75) is 31.8 Å². The molecule has 0 fully saturated rings. The van der Waals surface area contributed by atoms with Gasteiger partial charge in [-0.05, 0) is 38.3 Å². The van der Waals surface area contributed by atoms with Gasteiger partial charge in [0.2, 0.25) is 0 Å². The van der Waals surface area contributed by atoms with Gasteiger partial charge in [-0.25, -0.2) is 4.79 Å². The van der Waals surface area contributed by atoms with Crippen LogP contribution in [0, 0.1) is 0 Å². The Morgan fingerprint density at radius 3 is 2.80 bits per heavy atom. The number of benzene rings is 1. The molecule has 3 nitrogen and oxygen atoms in total. The van der Waals surface area contributed by atoms with Crippen molar-refractivity contribution in [2.24, 2.45) is 0 Å². The van der Waals surface area contributed by atoms with Crippen molar-refractivity contribution in [3.63, 3.8) is 0 Å². The summed E-state index contributed by atoms with van der Waals surface area (Å²) in [5.74, 6) is -0.241. The van der Waals surface area contributed by atoms with E-state index in [2.05, 4.69) is 23.3 Å². The predicted octanol–water partition coefficient (Wildman–Crippen LogP) is 4.33. The van der Waals surface area contributed by atoms with Crippen LogP contribution < -0.4 is 4.90 Å². The van der Waals surface area contributed by atoms with Gasteiger partial charge in [0, 0.05) is 10.6 Å². The van der Waals surface area contributed by atoms with E-state index in [1.54, 1.807) is 11.8 Å². The number of carbonyl (C=O) groups excluding carboxylic acids is 1. The first-order valence-electron chi connectivity index (χ1n) is 6.43. The summed E-state index contributed by atoms with van der Waals surface area (Å²) in [5, 5.41) is 3.03. The number of nitrogens with zero attached hydrogens (tertiary/aromatic N) is 1. The Morgan fingerprint density at radius 2 is 2.05 bits per heavy atom. The van der Waals surface area contributed by atoms with E-state index in [1.807, 2.05) is 32.0 Å². The normalized spacial score (nSPS) is 17.0. The Hall–Kier alpha value is -1.33. The van der Waals surface area contributed by atoms with Crippen molar-refractivity contribution in [1.82, 2.24) is 0 Å². The third kappa shape index (κ3) is 2.25. The van der Waals surface area contributed by atoms with E-state index in [4.69, 9.17) is 4.74 Å². The maximum atomic E-state index is 12.3. The van der Waals surface area contributed by atoms with Gasteiger partial charge < -0.3 is 9.64 Å². The van der Waals surface area contributed by atoms with Gasteiger partial charge in [-0.3, -0.25) is 0 Å². The summed E-state index contributed by atoms with van der Waals surface area (Å²) in [6.07, 6.45) is -0.109. The molecule has 1 aromatic rings. The summed E-state index contributed by atoms with van der Waals surface area (Å²) in [6, 6.07) is 8.13. The molecule has 2 aliphatic heterocycles. The van der Waals surface area contributed by atoms with Crippen LogP contribution in [-0.2, 0) is 9.53 Å². The van der Waals surface area contributed by atoms with Crippen LogP contribution in [0.3, 0.4) is 0 Å². The van der Waals surface area contributed by atoms with Gasteiger partial charge in [0.15, 0.2) is 0 Å². The minimum Gasteiger partial charge on any atom is -0.459 e. The molecule has 0 aromatic heterocycles. The maximum absolute atomic E-state index is 12.3. The SMILES string of the molecule is CC1=CSC2=C(C(=O)OC(C)C)Sc3ccccc3N12. The van der Waals surface area contributed by atoms with Crippen molar-refractivity contribution in [3.05, 3.63) is 45.3 Å². The monoisotopic (exact) mass is 305 g/mol. The number of hydrogen-bond acceptors (Lipinski definition) is 5. The lowest BCUT2D eigenvalue weighted by Crippen LogP contribution is -2.23. The Labute approximate surface area is 127 Å². The molecule has 5 heteroatoms. The lowest BCUT2D eigenvalue weighted by atomic mass is 10.2. The smallest absolute Gasteiger partial charge is 0.347 e. The molecule has 0 radical (unpaired) electrons. The first-order valence-corrected chi connectivity index (χ1v) is 8.13. The minimum atomic E-state index is -0.241. The molecular formula is C15H15NO2S2. The van der Waals surface area contributed by atoms with Crippen molar-refractivity contribution in [2.75, 3.05) is 4.90 Å². The lowest BCUT2D eigenvalue weighted by molar-refractivity contribution is -0.141. The van der Waals surface area contributed by atoms with Crippen LogP contribution in [-0.4, -0.2) is 12.1 Å². The van der Waals surface area contributed by atoms with E-state index in [-0.39, 0.29) is 12.1 Å². The Kier molecular flexibility index (Phi) is 3.56. The van der Waals surface area contributed by atoms with Crippen molar-refractivity contribution < 1.29 is 9.53 Å². The molecule has 0 atom stereocenters. The zero-order chi connectivity index (χ0) is 14.3. The van der Waals surface area contributed by atoms with Crippen LogP contribution in [0.2, 0.25) is 0 Å². The highest BCUT2D eigenvalue weighted by Gasteiger charge is 2.34. The van der Waals surface area contributed by atoms with Gasteiger partial charge in [0.25, 0.3) is 0 Å². The highest BCUT2D eigenvalue weighted by molar-refractivity contribution is 8.09. The second kappa shape index (κ2) is 5.22. The molecule has 0 saturated heterocycles. The first-order chi connectivity index (χ1) is 9.58. The van der Waals surface area contributed by atoms with Gasteiger partial charge in [-0.15, -0.1) is 0 Å². The average molecular weight is 305 g/mol. The molecule has 0 amide bonds. The fourth-order valence-corrected chi connectivity index (χ4v) is 4.28. The van der Waals surface area contributed by atoms with Gasteiger partial charge in [0.05, 0.1) is 11.8 Å². The number of anilines is 1. The zero-order valence-electron chi connectivity index (χ0n) is 11.5. The molecule has 2 aliphatic rings. The molecule has 1 aromatic carbocycles. The number of allylic oxidation sites excluding steroid dienone is 1. The number of para-hydroxylation sites is 1. The summed E-state index contributed by atoms with van der Waals surface area (Å²) in [4.78, 5) is 16.2. The van der Waals surface area contributed by atoms with Crippen LogP contribution in [0.25, 0.3) is 0 Å². The number of ether oxygens (including phenoxy) is 1. The van der Waals surface area contributed by atoms with E-state index < -0.39 is 0 Å². The summed E-state index contributed by atoms with van der Waals surface area (Å²) < 4.78 is 5.37. The highest BCUT2D eigenvalue weighted by atomic mass is 32.2. The van der Waals surface area contributed by atoms with Crippen molar-refractivity contribution in [3.8, 4) is 0 Å². The van der Waals surface area contributed by atoms with Gasteiger partial charge in [0.1, 0.15) is 9.93 Å². The van der Waals surface area contributed by atoms with Crippen LogP contribution in [0.1, 0.15) is 20.8 Å². The van der Waals surface area contributed by atoms with Crippen LogP contribution >= 0.6 is 23.5 Å². The van der Waals surface area contributed by atoms with Crippen LogP contribution in [0.5, 0.6) is 0 Å². The van der Waals surface area contributed by atoms with E-state index in [0.29, 0.717) is 4.91 Å². The number of rotatable bonds is 2. The minimum absolute atomic E-state index is 0.109. The van der Waals surface area contributed by atoms with Gasteiger partial charge in [-0.2, -0.15) is 0 Å². The molecule has 20 heavy (non-hydrogen) atoms. The number of thioether (sulfide) groups is 2. The van der Waals surface area contributed by atoms with E-state index >= 15 is 0 Å². The summed E-state index contributed by atoms with van der Waals surface area (Å²) in [6.45, 7) is 5.79. The van der Waals surface area contributed by atoms with E-state index in [0.717, 1.165) is 21.3 Å². The summed E-state index contributed by atoms with van der Waals surface area (Å²) in [5.41, 5.74) is 2.26. The third-order valence-corrected chi connectivity index (χ3v) is 5.26. The Balaban J connectivity index is 2.05. The number of fused-ring (bicyclic) bond motifs is 3. The lowest BCUT2D eigenvalue weighted by Gasteiger charge is -2.30. The third-order valence-electron chi connectivity index (χ3n) is 2.94. The quantitative estimate of drug-likeness (QED) is 0.759. The molecule has 0 N–H and O–H groups in total. The molecule has 0 saturated carbocycles. The van der Waals surface area contributed by atoms with Crippen molar-refractivity contribution >= 4 is 35.2 Å². The highest BCUT2D eigenvalue weighted by Crippen LogP contribution is 2.51. The fourth-order valence-electron chi connectivity index (χ4n) is 2.14. The predicted molar refractivity (Wildman–Crippen MR) is 84.4 cm³/mol. The second-order valence-electron chi connectivity index (χ2n) is 4.87.